The van der Waals surface area contributed by atoms with Crippen LogP contribution in [0.15, 0.2) is 48.5 Å². The number of anilines is 1. The van der Waals surface area contributed by atoms with Gasteiger partial charge < -0.3 is 19.7 Å². The molecule has 0 bridgehead atoms. The molecule has 0 aliphatic carbocycles. The Kier molecular flexibility index (Phi) is 6.84. The third-order valence-corrected chi connectivity index (χ3v) is 5.96. The van der Waals surface area contributed by atoms with E-state index in [0.29, 0.717) is 31.7 Å². The topological polar surface area (TPSA) is 71.1 Å². The molecule has 31 heavy (non-hydrogen) atoms. The predicted octanol–water partition coefficient (Wildman–Crippen LogP) is 2.63. The van der Waals surface area contributed by atoms with Gasteiger partial charge in [0, 0.05) is 43.9 Å². The van der Waals surface area contributed by atoms with E-state index in [0.717, 1.165) is 43.1 Å². The Hall–Kier alpha value is -2.90. The Morgan fingerprint density at radius 1 is 1.06 bits per heavy atom. The summed E-state index contributed by atoms with van der Waals surface area (Å²) in [4.78, 5) is 28.8. The first kappa shape index (κ1) is 21.3. The first-order valence-corrected chi connectivity index (χ1v) is 10.8. The molecule has 0 spiro atoms. The summed E-state index contributed by atoms with van der Waals surface area (Å²) in [6.07, 6.45) is 1.48. The summed E-state index contributed by atoms with van der Waals surface area (Å²) in [7, 11) is 1.65. The number of nitrogens with zero attached hydrogens (tertiary/aromatic N) is 2. The minimum absolute atomic E-state index is 0.0558. The standard InChI is InChI=1S/C24H29N3O4/c1-30-21-10-6-18(7-11-21)22(26-13-15-31-16-14-26)17-25-24(29)19-4-8-20(9-5-19)27-12-2-3-23(27)28/h4-11,22H,2-3,12-17H2,1H3,(H,25,29)/t22-/m1/s1. The number of morpholine rings is 1. The summed E-state index contributed by atoms with van der Waals surface area (Å²) in [5.41, 5.74) is 2.57. The van der Waals surface area contributed by atoms with Crippen LogP contribution in [-0.4, -0.2) is 63.2 Å². The molecule has 0 radical (unpaired) electrons. The molecule has 164 valence electrons. The Bertz CT molecular complexity index is 892. The largest absolute Gasteiger partial charge is 0.497 e. The molecular formula is C24H29N3O4. The van der Waals surface area contributed by atoms with Crippen LogP contribution < -0.4 is 15.0 Å². The maximum atomic E-state index is 12.8. The van der Waals surface area contributed by atoms with Gasteiger partial charge in [-0.05, 0) is 48.4 Å². The fourth-order valence-corrected chi connectivity index (χ4v) is 4.18. The van der Waals surface area contributed by atoms with Gasteiger partial charge in [0.05, 0.1) is 26.4 Å². The third kappa shape index (κ3) is 5.06. The van der Waals surface area contributed by atoms with E-state index in [4.69, 9.17) is 9.47 Å². The van der Waals surface area contributed by atoms with Crippen LogP contribution in [0.25, 0.3) is 0 Å². The lowest BCUT2D eigenvalue weighted by atomic mass is 10.0. The molecule has 7 nitrogen and oxygen atoms in total. The van der Waals surface area contributed by atoms with Crippen molar-refractivity contribution in [1.29, 1.82) is 0 Å². The van der Waals surface area contributed by atoms with Crippen LogP contribution in [-0.2, 0) is 9.53 Å². The summed E-state index contributed by atoms with van der Waals surface area (Å²) in [6.45, 7) is 4.27. The number of ether oxygens (including phenoxy) is 2. The number of carbonyl (C=O) groups excluding carboxylic acids is 2. The Morgan fingerprint density at radius 3 is 2.39 bits per heavy atom. The van der Waals surface area contributed by atoms with Crippen molar-refractivity contribution in [3.63, 3.8) is 0 Å². The zero-order valence-electron chi connectivity index (χ0n) is 17.9. The lowest BCUT2D eigenvalue weighted by Gasteiger charge is -2.35. The number of carbonyl (C=O) groups is 2. The summed E-state index contributed by atoms with van der Waals surface area (Å²) in [5.74, 6) is 0.834. The van der Waals surface area contributed by atoms with Crippen molar-refractivity contribution in [2.24, 2.45) is 0 Å². The van der Waals surface area contributed by atoms with Gasteiger partial charge in [-0.25, -0.2) is 0 Å². The molecule has 7 heteroatoms. The Balaban J connectivity index is 1.43. The maximum absolute atomic E-state index is 12.8. The van der Waals surface area contributed by atoms with Crippen LogP contribution in [0.1, 0.15) is 34.8 Å². The highest BCUT2D eigenvalue weighted by Gasteiger charge is 2.24. The van der Waals surface area contributed by atoms with Gasteiger partial charge in [-0.1, -0.05) is 12.1 Å². The van der Waals surface area contributed by atoms with Gasteiger partial charge in [-0.2, -0.15) is 0 Å². The van der Waals surface area contributed by atoms with Crippen molar-refractivity contribution in [3.05, 3.63) is 59.7 Å². The lowest BCUT2D eigenvalue weighted by Crippen LogP contribution is -2.43. The minimum atomic E-state index is -0.119. The zero-order chi connectivity index (χ0) is 21.6. The van der Waals surface area contributed by atoms with E-state index in [-0.39, 0.29) is 17.9 Å². The monoisotopic (exact) mass is 423 g/mol. The van der Waals surface area contributed by atoms with Gasteiger partial charge in [0.25, 0.3) is 5.91 Å². The fraction of sp³-hybridized carbons (Fsp3) is 0.417. The predicted molar refractivity (Wildman–Crippen MR) is 118 cm³/mol. The molecule has 2 fully saturated rings. The van der Waals surface area contributed by atoms with Crippen LogP contribution >= 0.6 is 0 Å². The summed E-state index contributed by atoms with van der Waals surface area (Å²) < 4.78 is 10.8. The average molecular weight is 424 g/mol. The highest BCUT2D eigenvalue weighted by molar-refractivity contribution is 5.97. The van der Waals surface area contributed by atoms with E-state index in [1.165, 1.54) is 0 Å². The normalized spacial score (nSPS) is 18.1. The molecule has 1 atom stereocenters. The molecule has 2 aromatic carbocycles. The van der Waals surface area contributed by atoms with Gasteiger partial charge >= 0.3 is 0 Å². The van der Waals surface area contributed by atoms with Crippen molar-refractivity contribution in [2.75, 3.05) is 51.4 Å². The summed E-state index contributed by atoms with van der Waals surface area (Å²) >= 11 is 0. The van der Waals surface area contributed by atoms with E-state index in [2.05, 4.69) is 10.2 Å². The number of benzene rings is 2. The van der Waals surface area contributed by atoms with Crippen molar-refractivity contribution < 1.29 is 19.1 Å². The second kappa shape index (κ2) is 9.94. The highest BCUT2D eigenvalue weighted by Crippen LogP contribution is 2.24. The van der Waals surface area contributed by atoms with Crippen LogP contribution in [0, 0.1) is 0 Å². The molecule has 4 rings (SSSR count). The number of nitrogens with one attached hydrogen (secondary N) is 1. The molecule has 2 heterocycles. The van der Waals surface area contributed by atoms with Crippen molar-refractivity contribution in [3.8, 4) is 5.75 Å². The van der Waals surface area contributed by atoms with Gasteiger partial charge in [-0.15, -0.1) is 0 Å². The number of hydrogen-bond acceptors (Lipinski definition) is 5. The van der Waals surface area contributed by atoms with Crippen LogP contribution in [0.5, 0.6) is 5.75 Å². The van der Waals surface area contributed by atoms with E-state index in [9.17, 15) is 9.59 Å². The maximum Gasteiger partial charge on any atom is 0.251 e. The fourth-order valence-electron chi connectivity index (χ4n) is 4.18. The van der Waals surface area contributed by atoms with Crippen LogP contribution in [0.4, 0.5) is 5.69 Å². The quantitative estimate of drug-likeness (QED) is 0.741. The molecule has 2 amide bonds. The SMILES string of the molecule is COc1ccc([C@@H](CNC(=O)c2ccc(N3CCCC3=O)cc2)N2CCOCC2)cc1. The second-order valence-electron chi connectivity index (χ2n) is 7.84. The zero-order valence-corrected chi connectivity index (χ0v) is 17.9. The molecular weight excluding hydrogens is 394 g/mol. The molecule has 0 unspecified atom stereocenters. The van der Waals surface area contributed by atoms with E-state index >= 15 is 0 Å². The third-order valence-electron chi connectivity index (χ3n) is 5.96. The number of hydrogen-bond donors (Lipinski definition) is 1. The molecule has 0 saturated carbocycles. The van der Waals surface area contributed by atoms with Crippen molar-refractivity contribution >= 4 is 17.5 Å². The molecule has 2 aliphatic rings. The average Bonchev–Trinajstić information content (AvgIpc) is 3.26. The van der Waals surface area contributed by atoms with Gasteiger partial charge in [0.1, 0.15) is 5.75 Å². The van der Waals surface area contributed by atoms with E-state index in [1.54, 1.807) is 24.1 Å². The summed E-state index contributed by atoms with van der Waals surface area (Å²) in [5, 5.41) is 3.09. The second-order valence-corrected chi connectivity index (χ2v) is 7.84. The summed E-state index contributed by atoms with van der Waals surface area (Å²) in [6, 6.07) is 15.3. The minimum Gasteiger partial charge on any atom is -0.497 e. The number of amides is 2. The Labute approximate surface area is 182 Å². The van der Waals surface area contributed by atoms with E-state index < -0.39 is 0 Å². The number of methoxy groups -OCH3 is 1. The number of rotatable bonds is 7. The highest BCUT2D eigenvalue weighted by atomic mass is 16.5. The molecule has 2 aliphatic heterocycles. The molecule has 1 N–H and O–H groups in total. The first-order valence-electron chi connectivity index (χ1n) is 10.8. The van der Waals surface area contributed by atoms with Gasteiger partial charge in [-0.3, -0.25) is 14.5 Å². The molecule has 0 aromatic heterocycles. The smallest absolute Gasteiger partial charge is 0.251 e. The van der Waals surface area contributed by atoms with Crippen LogP contribution in [0.3, 0.4) is 0 Å². The van der Waals surface area contributed by atoms with Gasteiger partial charge in [0.2, 0.25) is 5.91 Å². The molecule has 2 saturated heterocycles. The Morgan fingerprint density at radius 2 is 1.77 bits per heavy atom. The van der Waals surface area contributed by atoms with Crippen molar-refractivity contribution in [1.82, 2.24) is 10.2 Å². The van der Waals surface area contributed by atoms with Crippen molar-refractivity contribution in [2.45, 2.75) is 18.9 Å². The lowest BCUT2D eigenvalue weighted by molar-refractivity contribution is -0.117. The van der Waals surface area contributed by atoms with E-state index in [1.807, 2.05) is 36.4 Å². The van der Waals surface area contributed by atoms with Crippen LogP contribution in [0.2, 0.25) is 0 Å². The molecule has 2 aromatic rings. The van der Waals surface area contributed by atoms with Gasteiger partial charge in [0.15, 0.2) is 0 Å². The first-order chi connectivity index (χ1) is 15.2.